The first kappa shape index (κ1) is 21.6. The Morgan fingerprint density at radius 3 is 2.10 bits per heavy atom. The fourth-order valence-electron chi connectivity index (χ4n) is 3.00. The Balaban J connectivity index is 1.72. The molecule has 3 aromatic rings. The summed E-state index contributed by atoms with van der Waals surface area (Å²) >= 11 is 0. The van der Waals surface area contributed by atoms with Crippen LogP contribution >= 0.6 is 0 Å². The van der Waals surface area contributed by atoms with Gasteiger partial charge in [0.15, 0.2) is 9.84 Å². The van der Waals surface area contributed by atoms with Gasteiger partial charge in [-0.2, -0.15) is 0 Å². The Kier molecular flexibility index (Phi) is 6.90. The van der Waals surface area contributed by atoms with Gasteiger partial charge in [-0.25, -0.2) is 8.42 Å². The predicted molar refractivity (Wildman–Crippen MR) is 118 cm³/mol. The lowest BCUT2D eigenvalue weighted by Gasteiger charge is -2.19. The van der Waals surface area contributed by atoms with Crippen LogP contribution < -0.4 is 10.1 Å². The maximum absolute atomic E-state index is 12.9. The van der Waals surface area contributed by atoms with Crippen molar-refractivity contribution in [3.05, 3.63) is 96.1 Å². The van der Waals surface area contributed by atoms with E-state index in [1.54, 1.807) is 36.4 Å². The molecule has 1 N–H and O–H groups in total. The largest absolute Gasteiger partial charge is 0.457 e. The van der Waals surface area contributed by atoms with Crippen molar-refractivity contribution in [2.45, 2.75) is 30.9 Å². The van der Waals surface area contributed by atoms with E-state index in [4.69, 9.17) is 4.74 Å². The van der Waals surface area contributed by atoms with Gasteiger partial charge in [0.25, 0.3) is 0 Å². The summed E-state index contributed by atoms with van der Waals surface area (Å²) in [4.78, 5) is 12.6. The number of sulfone groups is 1. The second-order valence-electron chi connectivity index (χ2n) is 7.11. The SMILES string of the molecule is CC(NC(=O)C(C)S(=O)(=O)Cc1ccccc1Oc1ccccc1)c1ccccc1. The van der Waals surface area contributed by atoms with E-state index in [1.165, 1.54) is 6.92 Å². The van der Waals surface area contributed by atoms with Gasteiger partial charge < -0.3 is 10.1 Å². The number of ether oxygens (including phenoxy) is 1. The smallest absolute Gasteiger partial charge is 0.238 e. The standard InChI is InChI=1S/C24H25NO4S/c1-18(20-11-5-3-6-12-20)25-24(26)19(2)30(27,28)17-21-13-9-10-16-23(21)29-22-14-7-4-8-15-22/h3-16,18-19H,17H2,1-2H3,(H,25,26). The zero-order valence-electron chi connectivity index (χ0n) is 17.0. The highest BCUT2D eigenvalue weighted by Crippen LogP contribution is 2.27. The summed E-state index contributed by atoms with van der Waals surface area (Å²) in [5, 5.41) is 1.61. The molecule has 0 aromatic heterocycles. The Morgan fingerprint density at radius 2 is 1.43 bits per heavy atom. The summed E-state index contributed by atoms with van der Waals surface area (Å²) in [6.07, 6.45) is 0. The molecule has 3 aromatic carbocycles. The molecule has 1 amide bonds. The van der Waals surface area contributed by atoms with E-state index in [9.17, 15) is 13.2 Å². The van der Waals surface area contributed by atoms with Crippen LogP contribution in [0.2, 0.25) is 0 Å². The van der Waals surface area contributed by atoms with Gasteiger partial charge in [0.2, 0.25) is 5.91 Å². The molecule has 5 nitrogen and oxygen atoms in total. The number of amides is 1. The molecule has 156 valence electrons. The van der Waals surface area contributed by atoms with Crippen molar-refractivity contribution in [3.63, 3.8) is 0 Å². The Morgan fingerprint density at radius 1 is 0.867 bits per heavy atom. The second kappa shape index (κ2) is 9.59. The second-order valence-corrected chi connectivity index (χ2v) is 9.43. The molecule has 0 spiro atoms. The molecule has 0 bridgehead atoms. The number of para-hydroxylation sites is 2. The highest BCUT2D eigenvalue weighted by atomic mass is 32.2. The molecule has 30 heavy (non-hydrogen) atoms. The maximum atomic E-state index is 12.9. The first-order valence-electron chi connectivity index (χ1n) is 9.74. The van der Waals surface area contributed by atoms with Gasteiger partial charge in [-0.05, 0) is 37.6 Å². The van der Waals surface area contributed by atoms with Crippen molar-refractivity contribution < 1.29 is 17.9 Å². The molecular formula is C24H25NO4S. The normalized spacial score (nSPS) is 13.3. The lowest BCUT2D eigenvalue weighted by Crippen LogP contribution is -2.39. The third kappa shape index (κ3) is 5.48. The van der Waals surface area contributed by atoms with Crippen molar-refractivity contribution >= 4 is 15.7 Å². The van der Waals surface area contributed by atoms with Gasteiger partial charge in [0, 0.05) is 5.56 Å². The molecule has 0 fully saturated rings. The Hall–Kier alpha value is -3.12. The van der Waals surface area contributed by atoms with Crippen molar-refractivity contribution in [3.8, 4) is 11.5 Å². The first-order valence-corrected chi connectivity index (χ1v) is 11.5. The van der Waals surface area contributed by atoms with Crippen LogP contribution in [0.1, 0.15) is 31.0 Å². The van der Waals surface area contributed by atoms with Crippen LogP contribution in [0.25, 0.3) is 0 Å². The zero-order valence-corrected chi connectivity index (χ0v) is 17.8. The van der Waals surface area contributed by atoms with Crippen LogP contribution in [-0.4, -0.2) is 19.6 Å². The van der Waals surface area contributed by atoms with Crippen LogP contribution in [0.4, 0.5) is 0 Å². The number of nitrogens with one attached hydrogen (secondary N) is 1. The van der Waals surface area contributed by atoms with Crippen molar-refractivity contribution in [1.29, 1.82) is 0 Å². The van der Waals surface area contributed by atoms with Gasteiger partial charge in [-0.3, -0.25) is 4.79 Å². The maximum Gasteiger partial charge on any atom is 0.238 e. The molecule has 0 heterocycles. The quantitative estimate of drug-likeness (QED) is 0.572. The fourth-order valence-corrected chi connectivity index (χ4v) is 4.31. The molecule has 2 atom stereocenters. The van der Waals surface area contributed by atoms with Crippen molar-refractivity contribution in [1.82, 2.24) is 5.32 Å². The van der Waals surface area contributed by atoms with E-state index in [0.29, 0.717) is 17.1 Å². The summed E-state index contributed by atoms with van der Waals surface area (Å²) in [6.45, 7) is 3.25. The summed E-state index contributed by atoms with van der Waals surface area (Å²) in [5.41, 5.74) is 1.43. The van der Waals surface area contributed by atoms with E-state index in [0.717, 1.165) is 5.56 Å². The van der Waals surface area contributed by atoms with Crippen LogP contribution in [0.15, 0.2) is 84.9 Å². The minimum absolute atomic E-state index is 0.287. The highest BCUT2D eigenvalue weighted by Gasteiger charge is 2.30. The van der Waals surface area contributed by atoms with Crippen molar-refractivity contribution in [2.75, 3.05) is 0 Å². The third-order valence-electron chi connectivity index (χ3n) is 4.87. The lowest BCUT2D eigenvalue weighted by atomic mass is 10.1. The van der Waals surface area contributed by atoms with E-state index in [-0.39, 0.29) is 11.8 Å². The molecule has 0 saturated carbocycles. The summed E-state index contributed by atoms with van der Waals surface area (Å²) in [6, 6.07) is 25.3. The minimum Gasteiger partial charge on any atom is -0.457 e. The van der Waals surface area contributed by atoms with Gasteiger partial charge in [0.1, 0.15) is 16.7 Å². The number of rotatable bonds is 8. The monoisotopic (exact) mass is 423 g/mol. The molecule has 0 saturated heterocycles. The van der Waals surface area contributed by atoms with Crippen molar-refractivity contribution in [2.24, 2.45) is 0 Å². The molecule has 6 heteroatoms. The molecule has 3 rings (SSSR count). The average Bonchev–Trinajstić information content (AvgIpc) is 2.75. The van der Waals surface area contributed by atoms with E-state index >= 15 is 0 Å². The van der Waals surface area contributed by atoms with Crippen LogP contribution in [-0.2, 0) is 20.4 Å². The molecule has 0 aliphatic rings. The summed E-state index contributed by atoms with van der Waals surface area (Å²) < 4.78 is 31.7. The predicted octanol–water partition coefficient (Wildman–Crippen LogP) is 4.66. The summed E-state index contributed by atoms with van der Waals surface area (Å²) in [7, 11) is -3.75. The molecular weight excluding hydrogens is 398 g/mol. The number of hydrogen-bond donors (Lipinski definition) is 1. The van der Waals surface area contributed by atoms with E-state index in [1.807, 2.05) is 55.5 Å². The summed E-state index contributed by atoms with van der Waals surface area (Å²) in [5.74, 6) is 0.264. The topological polar surface area (TPSA) is 72.5 Å². The number of carbonyl (C=O) groups excluding carboxylic acids is 1. The number of carbonyl (C=O) groups is 1. The van der Waals surface area contributed by atoms with Gasteiger partial charge >= 0.3 is 0 Å². The van der Waals surface area contributed by atoms with Gasteiger partial charge in [-0.15, -0.1) is 0 Å². The fraction of sp³-hybridized carbons (Fsp3) is 0.208. The van der Waals surface area contributed by atoms with Gasteiger partial charge in [-0.1, -0.05) is 66.7 Å². The lowest BCUT2D eigenvalue weighted by molar-refractivity contribution is -0.121. The highest BCUT2D eigenvalue weighted by molar-refractivity contribution is 7.92. The molecule has 0 aliphatic carbocycles. The number of benzene rings is 3. The van der Waals surface area contributed by atoms with Crippen LogP contribution in [0.3, 0.4) is 0 Å². The minimum atomic E-state index is -3.75. The van der Waals surface area contributed by atoms with Gasteiger partial charge in [0.05, 0.1) is 11.8 Å². The average molecular weight is 424 g/mol. The van der Waals surface area contributed by atoms with Crippen LogP contribution in [0.5, 0.6) is 11.5 Å². The Bertz CT molecular complexity index is 1080. The number of hydrogen-bond acceptors (Lipinski definition) is 4. The zero-order chi connectivity index (χ0) is 21.6. The molecule has 2 unspecified atom stereocenters. The van der Waals surface area contributed by atoms with E-state index < -0.39 is 21.0 Å². The molecule has 0 aliphatic heterocycles. The van der Waals surface area contributed by atoms with E-state index in [2.05, 4.69) is 5.32 Å². The molecule has 0 radical (unpaired) electrons. The Labute approximate surface area is 177 Å². The van der Waals surface area contributed by atoms with Crippen LogP contribution in [0, 0.1) is 0 Å². The third-order valence-corrected chi connectivity index (χ3v) is 6.87. The first-order chi connectivity index (χ1) is 14.4.